The Morgan fingerprint density at radius 1 is 1.47 bits per heavy atom. The van der Waals surface area contributed by atoms with Gasteiger partial charge in [-0.05, 0) is 31.3 Å². The topological polar surface area (TPSA) is 46.5 Å². The fourth-order valence-electron chi connectivity index (χ4n) is 1.87. The molecule has 84 valence electrons. The van der Waals surface area contributed by atoms with Gasteiger partial charge in [-0.15, -0.1) is 0 Å². The van der Waals surface area contributed by atoms with E-state index in [9.17, 15) is 9.90 Å². The second-order valence-corrected chi connectivity index (χ2v) is 4.20. The first-order valence-corrected chi connectivity index (χ1v) is 5.11. The highest BCUT2D eigenvalue weighted by Crippen LogP contribution is 2.33. The summed E-state index contributed by atoms with van der Waals surface area (Å²) in [7, 11) is 0. The summed E-state index contributed by atoms with van der Waals surface area (Å²) < 4.78 is 5.11. The zero-order valence-corrected chi connectivity index (χ0v) is 9.32. The van der Waals surface area contributed by atoms with Crippen LogP contribution in [0.1, 0.15) is 26.7 Å². The quantitative estimate of drug-likeness (QED) is 0.558. The van der Waals surface area contributed by atoms with E-state index in [4.69, 9.17) is 4.74 Å². The Kier molecular flexibility index (Phi) is 3.69. The SMILES string of the molecule is C=C(C)[C@@H]1C[C@@H](O)C(=C)[C@@H](OC(C)=O)C1. The lowest BCUT2D eigenvalue weighted by Crippen LogP contribution is -2.35. The minimum Gasteiger partial charge on any atom is -0.458 e. The number of esters is 1. The first kappa shape index (κ1) is 12.0. The molecule has 1 aliphatic rings. The number of carbonyl (C=O) groups is 1. The number of hydrogen-bond acceptors (Lipinski definition) is 3. The Morgan fingerprint density at radius 2 is 2.07 bits per heavy atom. The first-order chi connectivity index (χ1) is 6.91. The lowest BCUT2D eigenvalue weighted by Gasteiger charge is -2.34. The van der Waals surface area contributed by atoms with Crippen LogP contribution < -0.4 is 0 Å². The van der Waals surface area contributed by atoms with Gasteiger partial charge in [-0.3, -0.25) is 4.79 Å². The molecule has 0 heterocycles. The van der Waals surface area contributed by atoms with E-state index in [1.165, 1.54) is 6.92 Å². The van der Waals surface area contributed by atoms with E-state index in [1.807, 2.05) is 6.92 Å². The predicted octanol–water partition coefficient (Wildman–Crippen LogP) is 1.82. The Morgan fingerprint density at radius 3 is 2.53 bits per heavy atom. The summed E-state index contributed by atoms with van der Waals surface area (Å²) in [6.45, 7) is 10.9. The smallest absolute Gasteiger partial charge is 0.303 e. The number of aliphatic hydroxyl groups is 1. The molecule has 0 unspecified atom stereocenters. The summed E-state index contributed by atoms with van der Waals surface area (Å²) in [6.07, 6.45) is 0.356. The average Bonchev–Trinajstić information content (AvgIpc) is 2.11. The van der Waals surface area contributed by atoms with Crippen molar-refractivity contribution in [2.75, 3.05) is 0 Å². The molecule has 0 saturated heterocycles. The molecule has 3 heteroatoms. The van der Waals surface area contributed by atoms with Crippen molar-refractivity contribution in [3.05, 3.63) is 24.3 Å². The lowest BCUT2D eigenvalue weighted by molar-refractivity contribution is -0.146. The molecule has 1 N–H and O–H groups in total. The molecule has 3 nitrogen and oxygen atoms in total. The average molecular weight is 210 g/mol. The maximum Gasteiger partial charge on any atom is 0.303 e. The normalized spacial score (nSPS) is 31.1. The standard InChI is InChI=1S/C12H18O3/c1-7(2)10-5-11(14)8(3)12(6-10)15-9(4)13/h10-12,14H,1,3,5-6H2,2,4H3/t10-,11-,12+/m1/s1. The number of ether oxygens (including phenoxy) is 1. The van der Waals surface area contributed by atoms with Gasteiger partial charge in [0.15, 0.2) is 0 Å². The molecule has 0 aromatic heterocycles. The van der Waals surface area contributed by atoms with Gasteiger partial charge in [-0.1, -0.05) is 18.7 Å². The van der Waals surface area contributed by atoms with E-state index in [0.29, 0.717) is 18.4 Å². The molecular weight excluding hydrogens is 192 g/mol. The van der Waals surface area contributed by atoms with Crippen molar-refractivity contribution in [3.63, 3.8) is 0 Å². The Labute approximate surface area is 90.4 Å². The number of aliphatic hydroxyl groups excluding tert-OH is 1. The second-order valence-electron chi connectivity index (χ2n) is 4.20. The van der Waals surface area contributed by atoms with Gasteiger partial charge in [0.25, 0.3) is 0 Å². The Balaban J connectivity index is 2.72. The Bertz CT molecular complexity index is 293. The van der Waals surface area contributed by atoms with E-state index >= 15 is 0 Å². The van der Waals surface area contributed by atoms with Crippen molar-refractivity contribution in [3.8, 4) is 0 Å². The molecule has 0 spiro atoms. The lowest BCUT2D eigenvalue weighted by atomic mass is 9.79. The van der Waals surface area contributed by atoms with Gasteiger partial charge in [0.1, 0.15) is 6.10 Å². The van der Waals surface area contributed by atoms with Crippen LogP contribution in [0.4, 0.5) is 0 Å². The highest BCUT2D eigenvalue weighted by atomic mass is 16.5. The van der Waals surface area contributed by atoms with Crippen LogP contribution in [0.2, 0.25) is 0 Å². The van der Waals surface area contributed by atoms with Crippen LogP contribution in [0.5, 0.6) is 0 Å². The minimum absolute atomic E-state index is 0.204. The van der Waals surface area contributed by atoms with Gasteiger partial charge in [0, 0.05) is 6.92 Å². The summed E-state index contributed by atoms with van der Waals surface area (Å²) >= 11 is 0. The van der Waals surface area contributed by atoms with Crippen molar-refractivity contribution in [1.82, 2.24) is 0 Å². The van der Waals surface area contributed by atoms with Crippen LogP contribution >= 0.6 is 0 Å². The van der Waals surface area contributed by atoms with Crippen LogP contribution in [-0.4, -0.2) is 23.3 Å². The van der Waals surface area contributed by atoms with Crippen LogP contribution in [0, 0.1) is 5.92 Å². The molecule has 0 radical (unpaired) electrons. The van der Waals surface area contributed by atoms with Gasteiger partial charge in [0.2, 0.25) is 0 Å². The van der Waals surface area contributed by atoms with E-state index in [2.05, 4.69) is 13.2 Å². The molecule has 0 aliphatic heterocycles. The van der Waals surface area contributed by atoms with E-state index in [1.54, 1.807) is 0 Å². The third-order valence-electron chi connectivity index (χ3n) is 2.85. The van der Waals surface area contributed by atoms with Gasteiger partial charge < -0.3 is 9.84 Å². The zero-order chi connectivity index (χ0) is 11.6. The monoisotopic (exact) mass is 210 g/mol. The van der Waals surface area contributed by atoms with Crippen LogP contribution in [-0.2, 0) is 9.53 Å². The summed E-state index contributed by atoms with van der Waals surface area (Å²) in [5, 5.41) is 9.75. The fraction of sp³-hybridized carbons (Fsp3) is 0.583. The van der Waals surface area contributed by atoms with E-state index < -0.39 is 6.10 Å². The Hall–Kier alpha value is -1.09. The number of allylic oxidation sites excluding steroid dienone is 1. The fourth-order valence-corrected chi connectivity index (χ4v) is 1.87. The van der Waals surface area contributed by atoms with E-state index in [-0.39, 0.29) is 18.0 Å². The molecule has 0 aromatic carbocycles. The van der Waals surface area contributed by atoms with Crippen LogP contribution in [0.3, 0.4) is 0 Å². The van der Waals surface area contributed by atoms with Crippen molar-refractivity contribution >= 4 is 5.97 Å². The number of hydrogen-bond donors (Lipinski definition) is 1. The minimum atomic E-state index is -0.593. The number of carbonyl (C=O) groups excluding carboxylic acids is 1. The predicted molar refractivity (Wildman–Crippen MR) is 58.2 cm³/mol. The van der Waals surface area contributed by atoms with Gasteiger partial charge in [-0.2, -0.15) is 0 Å². The van der Waals surface area contributed by atoms with Gasteiger partial charge >= 0.3 is 5.97 Å². The molecule has 1 aliphatic carbocycles. The first-order valence-electron chi connectivity index (χ1n) is 5.11. The van der Waals surface area contributed by atoms with Crippen molar-refractivity contribution < 1.29 is 14.6 Å². The molecule has 1 rings (SSSR count). The highest BCUT2D eigenvalue weighted by molar-refractivity contribution is 5.66. The summed E-state index contributed by atoms with van der Waals surface area (Å²) in [4.78, 5) is 10.9. The summed E-state index contributed by atoms with van der Waals surface area (Å²) in [5.74, 6) is -0.134. The third-order valence-corrected chi connectivity index (χ3v) is 2.85. The van der Waals surface area contributed by atoms with Gasteiger partial charge in [-0.25, -0.2) is 0 Å². The molecule has 15 heavy (non-hydrogen) atoms. The van der Waals surface area contributed by atoms with Crippen molar-refractivity contribution in [2.45, 2.75) is 38.9 Å². The molecule has 0 amide bonds. The largest absolute Gasteiger partial charge is 0.458 e. The highest BCUT2D eigenvalue weighted by Gasteiger charge is 2.32. The third kappa shape index (κ3) is 2.93. The zero-order valence-electron chi connectivity index (χ0n) is 9.32. The van der Waals surface area contributed by atoms with Crippen LogP contribution in [0.15, 0.2) is 24.3 Å². The second kappa shape index (κ2) is 4.62. The summed E-state index contributed by atoms with van der Waals surface area (Å²) in [6, 6.07) is 0. The molecule has 0 aromatic rings. The van der Waals surface area contributed by atoms with Crippen molar-refractivity contribution in [2.24, 2.45) is 5.92 Å². The molecule has 1 fully saturated rings. The molecule has 0 bridgehead atoms. The maximum atomic E-state index is 10.9. The molecule has 3 atom stereocenters. The molecule has 1 saturated carbocycles. The van der Waals surface area contributed by atoms with Crippen LogP contribution in [0.25, 0.3) is 0 Å². The van der Waals surface area contributed by atoms with Gasteiger partial charge in [0.05, 0.1) is 6.10 Å². The maximum absolute atomic E-state index is 10.9. The summed E-state index contributed by atoms with van der Waals surface area (Å²) in [5.41, 5.74) is 1.61. The van der Waals surface area contributed by atoms with E-state index in [0.717, 1.165) is 5.57 Å². The number of rotatable bonds is 2. The molecular formula is C12H18O3. The van der Waals surface area contributed by atoms with Crippen molar-refractivity contribution in [1.29, 1.82) is 0 Å².